The third-order valence-corrected chi connectivity index (χ3v) is 1.18. The first-order valence-corrected chi connectivity index (χ1v) is 2.84. The number of allylic oxidation sites excluding steroid dienone is 2. The van der Waals surface area contributed by atoms with Gasteiger partial charge in [0.25, 0.3) is 6.43 Å². The Kier molecular flexibility index (Phi) is 4.81. The number of hydrogen-bond donors (Lipinski definition) is 0. The van der Waals surface area contributed by atoms with E-state index in [0.717, 1.165) is 0 Å². The second kappa shape index (κ2) is 5.09. The van der Waals surface area contributed by atoms with Gasteiger partial charge in [0.2, 0.25) is 0 Å². The van der Waals surface area contributed by atoms with Crippen molar-refractivity contribution in [1.82, 2.24) is 0 Å². The van der Waals surface area contributed by atoms with Gasteiger partial charge in [-0.1, -0.05) is 0 Å². The lowest BCUT2D eigenvalue weighted by molar-refractivity contribution is 0.176. The maximum atomic E-state index is 11.7. The molecular weight excluding hydrogens is 167 g/mol. The van der Waals surface area contributed by atoms with Crippen molar-refractivity contribution in [2.75, 3.05) is 20.0 Å². The van der Waals surface area contributed by atoms with E-state index < -0.39 is 37.6 Å². The van der Waals surface area contributed by atoms with Crippen LogP contribution < -0.4 is 0 Å². The summed E-state index contributed by atoms with van der Waals surface area (Å²) in [5.74, 6) is 0. The molecule has 0 aromatic heterocycles. The molecule has 0 fully saturated rings. The minimum Gasteiger partial charge on any atom is -0.246 e. The monoisotopic (exact) mass is 174 g/mol. The molecule has 0 unspecified atom stereocenters. The van der Waals surface area contributed by atoms with Gasteiger partial charge in [0.15, 0.2) is 0 Å². The highest BCUT2D eigenvalue weighted by molar-refractivity contribution is 5.17. The fraction of sp³-hybridized carbons (Fsp3) is 0.667. The van der Waals surface area contributed by atoms with Gasteiger partial charge in [-0.3, -0.25) is 0 Å². The summed E-state index contributed by atoms with van der Waals surface area (Å²) in [7, 11) is 0. The predicted octanol–water partition coefficient (Wildman–Crippen LogP) is 2.46. The molecule has 11 heavy (non-hydrogen) atoms. The predicted molar refractivity (Wildman–Crippen MR) is 31.0 cm³/mol. The zero-order valence-electron chi connectivity index (χ0n) is 5.59. The standard InChI is InChI=1S/C6H7F5/c7-1-4(2-8)5(3-9)6(10)11/h6H,1-3H2. The molecule has 5 heteroatoms. The van der Waals surface area contributed by atoms with Gasteiger partial charge >= 0.3 is 0 Å². The Balaban J connectivity index is 4.48. The molecule has 0 atom stereocenters. The lowest BCUT2D eigenvalue weighted by atomic mass is 10.1. The number of hydrogen-bond acceptors (Lipinski definition) is 0. The van der Waals surface area contributed by atoms with Gasteiger partial charge in [0.05, 0.1) is 0 Å². The molecule has 0 aromatic carbocycles. The van der Waals surface area contributed by atoms with Crippen LogP contribution in [0.25, 0.3) is 0 Å². The molecule has 0 saturated heterocycles. The fourth-order valence-electron chi connectivity index (χ4n) is 0.514. The summed E-state index contributed by atoms with van der Waals surface area (Å²) in [6.45, 7) is -4.22. The van der Waals surface area contributed by atoms with Gasteiger partial charge in [0, 0.05) is 5.57 Å². The third-order valence-electron chi connectivity index (χ3n) is 1.18. The van der Waals surface area contributed by atoms with Gasteiger partial charge in [0.1, 0.15) is 20.0 Å². The van der Waals surface area contributed by atoms with E-state index in [0.29, 0.717) is 0 Å². The Labute approximate surface area is 60.7 Å². The van der Waals surface area contributed by atoms with E-state index in [4.69, 9.17) is 0 Å². The maximum Gasteiger partial charge on any atom is 0.262 e. The molecule has 0 bridgehead atoms. The van der Waals surface area contributed by atoms with E-state index in [2.05, 4.69) is 0 Å². The molecule has 0 saturated carbocycles. The summed E-state index contributed by atoms with van der Waals surface area (Å²) in [5, 5.41) is 0. The molecule has 0 spiro atoms. The average Bonchev–Trinajstić information content (AvgIpc) is 1.99. The Morgan fingerprint density at radius 2 is 1.36 bits per heavy atom. The van der Waals surface area contributed by atoms with Crippen LogP contribution in [0.4, 0.5) is 22.0 Å². The highest BCUT2D eigenvalue weighted by Crippen LogP contribution is 2.15. The highest BCUT2D eigenvalue weighted by atomic mass is 19.3. The first-order valence-electron chi connectivity index (χ1n) is 2.84. The van der Waals surface area contributed by atoms with Gasteiger partial charge in [-0.2, -0.15) is 0 Å². The van der Waals surface area contributed by atoms with E-state index in [1.807, 2.05) is 0 Å². The molecule has 0 rings (SSSR count). The minimum absolute atomic E-state index is 0.789. The zero-order valence-corrected chi connectivity index (χ0v) is 5.59. The molecule has 66 valence electrons. The van der Waals surface area contributed by atoms with Crippen molar-refractivity contribution in [3.8, 4) is 0 Å². The van der Waals surface area contributed by atoms with Crippen molar-refractivity contribution in [2.24, 2.45) is 0 Å². The minimum atomic E-state index is -3.11. The van der Waals surface area contributed by atoms with E-state index >= 15 is 0 Å². The van der Waals surface area contributed by atoms with Crippen LogP contribution in [-0.2, 0) is 0 Å². The van der Waals surface area contributed by atoms with Crippen LogP contribution in [0.3, 0.4) is 0 Å². The van der Waals surface area contributed by atoms with Crippen LogP contribution in [0.5, 0.6) is 0 Å². The normalized spacial score (nSPS) is 10.4. The average molecular weight is 174 g/mol. The fourth-order valence-corrected chi connectivity index (χ4v) is 0.514. The maximum absolute atomic E-state index is 11.7. The molecule has 0 radical (unpaired) electrons. The highest BCUT2D eigenvalue weighted by Gasteiger charge is 2.16. The van der Waals surface area contributed by atoms with Crippen molar-refractivity contribution in [2.45, 2.75) is 6.43 Å². The summed E-state index contributed by atoms with van der Waals surface area (Å²) in [4.78, 5) is 0. The molecule has 0 aliphatic rings. The van der Waals surface area contributed by atoms with Crippen LogP contribution in [0, 0.1) is 0 Å². The van der Waals surface area contributed by atoms with Gasteiger partial charge < -0.3 is 0 Å². The lowest BCUT2D eigenvalue weighted by Crippen LogP contribution is -2.06. The Bertz CT molecular complexity index is 134. The Morgan fingerprint density at radius 1 is 0.909 bits per heavy atom. The van der Waals surface area contributed by atoms with E-state index in [-0.39, 0.29) is 0 Å². The van der Waals surface area contributed by atoms with Crippen LogP contribution in [-0.4, -0.2) is 26.4 Å². The van der Waals surface area contributed by atoms with Crippen molar-refractivity contribution in [3.63, 3.8) is 0 Å². The summed E-state index contributed by atoms with van der Waals surface area (Å²) in [5.41, 5.74) is -1.86. The van der Waals surface area contributed by atoms with Gasteiger partial charge in [-0.15, -0.1) is 0 Å². The quantitative estimate of drug-likeness (QED) is 0.453. The van der Waals surface area contributed by atoms with Crippen molar-refractivity contribution >= 4 is 0 Å². The summed E-state index contributed by atoms with van der Waals surface area (Å²) >= 11 is 0. The second-order valence-corrected chi connectivity index (χ2v) is 1.83. The zero-order chi connectivity index (χ0) is 8.85. The van der Waals surface area contributed by atoms with Crippen LogP contribution in [0.2, 0.25) is 0 Å². The molecular formula is C6H7F5. The number of rotatable bonds is 4. The van der Waals surface area contributed by atoms with Crippen molar-refractivity contribution < 1.29 is 22.0 Å². The summed E-state index contributed by atoms with van der Waals surface area (Å²) in [6, 6.07) is 0. The summed E-state index contributed by atoms with van der Waals surface area (Å²) < 4.78 is 58.4. The molecule has 0 nitrogen and oxygen atoms in total. The topological polar surface area (TPSA) is 0 Å². The number of alkyl halides is 5. The number of halogens is 5. The molecule has 0 aliphatic carbocycles. The molecule has 0 N–H and O–H groups in total. The molecule has 0 aromatic rings. The largest absolute Gasteiger partial charge is 0.262 e. The van der Waals surface area contributed by atoms with E-state index in [9.17, 15) is 22.0 Å². The second-order valence-electron chi connectivity index (χ2n) is 1.83. The third kappa shape index (κ3) is 2.86. The van der Waals surface area contributed by atoms with E-state index in [1.165, 1.54) is 0 Å². The molecule has 0 amide bonds. The first-order chi connectivity index (χ1) is 5.17. The Morgan fingerprint density at radius 3 is 1.45 bits per heavy atom. The van der Waals surface area contributed by atoms with Crippen LogP contribution >= 0.6 is 0 Å². The lowest BCUT2D eigenvalue weighted by Gasteiger charge is -2.04. The smallest absolute Gasteiger partial charge is 0.246 e. The van der Waals surface area contributed by atoms with Gasteiger partial charge in [-0.05, 0) is 5.57 Å². The summed E-state index contributed by atoms with van der Waals surface area (Å²) in [6.07, 6.45) is -3.11. The molecule has 0 heterocycles. The molecule has 0 aliphatic heterocycles. The van der Waals surface area contributed by atoms with Crippen LogP contribution in [0.15, 0.2) is 11.1 Å². The van der Waals surface area contributed by atoms with Crippen LogP contribution in [0.1, 0.15) is 0 Å². The van der Waals surface area contributed by atoms with Crippen molar-refractivity contribution in [1.29, 1.82) is 0 Å². The van der Waals surface area contributed by atoms with Crippen molar-refractivity contribution in [3.05, 3.63) is 11.1 Å². The first kappa shape index (κ1) is 10.4. The van der Waals surface area contributed by atoms with Gasteiger partial charge in [-0.25, -0.2) is 22.0 Å². The SMILES string of the molecule is FCC(CF)=C(CF)C(F)F. The Hall–Kier alpha value is -0.610. The van der Waals surface area contributed by atoms with E-state index in [1.54, 1.807) is 0 Å².